The van der Waals surface area contributed by atoms with E-state index in [1.54, 1.807) is 28.4 Å². The molecule has 11 rings (SSSR count). The second kappa shape index (κ2) is 14.9. The van der Waals surface area contributed by atoms with Gasteiger partial charge in [-0.05, 0) is 0 Å². The number of aliphatic hydroxyl groups is 2. The first kappa shape index (κ1) is 41.4. The summed E-state index contributed by atoms with van der Waals surface area (Å²) in [7, 11) is 6.50. The summed E-state index contributed by atoms with van der Waals surface area (Å²) < 4.78 is 41.8. The maximum absolute atomic E-state index is 11.2. The first-order valence-electron chi connectivity index (χ1n) is 19.9. The molecular weight excluding hydrogens is 1100 g/mol. The summed E-state index contributed by atoms with van der Waals surface area (Å²) >= 11 is 21.6. The number of rotatable bonds is 9. The Hall–Kier alpha value is -5.30. The van der Waals surface area contributed by atoms with Crippen molar-refractivity contribution in [1.82, 2.24) is 0 Å². The van der Waals surface area contributed by atoms with E-state index in [9.17, 15) is 10.2 Å². The Labute approximate surface area is 390 Å². The fourth-order valence-corrected chi connectivity index (χ4v) is 33.4. The van der Waals surface area contributed by atoms with Gasteiger partial charge in [0.2, 0.25) is 0 Å². The fourth-order valence-electron chi connectivity index (χ4n) is 9.58. The van der Waals surface area contributed by atoms with Crippen LogP contribution in [0, 0.1) is 0 Å². The molecule has 4 aliphatic rings. The maximum atomic E-state index is 11.2. The standard InChI is InChI=1S/C42H36N3O6.C6H2Cl4O2.Bi/c1-48-39-13-9-31(10-14-39)44-34-18-29(27-47)17-33(19-34)43(30-7-5-28(26-46)6-8-30)35-20-37(24-41(22-35)50-3)45(32-11-15-40(49-2)16-12-32)38-21-36(44)23-42(25-38)51-4;7-1-2(8)4(10)6(12)5(11)3(1)9;/h5-18,22-25,46-47H,26-27H2,1-4H3;11-12H;/q;;+2/p-2. The Balaban J connectivity index is 1.41. The van der Waals surface area contributed by atoms with E-state index in [1.165, 1.54) is 0 Å². The van der Waals surface area contributed by atoms with E-state index in [4.69, 9.17) is 71.0 Å². The van der Waals surface area contributed by atoms with Crippen LogP contribution in [0.4, 0.5) is 51.2 Å². The quantitative estimate of drug-likeness (QED) is 0.0820. The third-order valence-electron chi connectivity index (χ3n) is 12.3. The van der Waals surface area contributed by atoms with E-state index in [0.717, 1.165) is 32.4 Å². The molecule has 4 aliphatic heterocycles. The number of ether oxygens (including phenoxy) is 4. The van der Waals surface area contributed by atoms with E-state index in [0.29, 0.717) is 62.7 Å². The van der Waals surface area contributed by atoms with Gasteiger partial charge >= 0.3 is 393 Å². The van der Waals surface area contributed by atoms with Crippen molar-refractivity contribution in [3.63, 3.8) is 0 Å². The molecule has 0 aromatic heterocycles. The minimum absolute atomic E-state index is 0.0199. The average molecular weight is 1130 g/mol. The van der Waals surface area contributed by atoms with Gasteiger partial charge in [-0.2, -0.15) is 0 Å². The zero-order valence-corrected chi connectivity index (χ0v) is 41.0. The van der Waals surface area contributed by atoms with Crippen LogP contribution in [-0.4, -0.2) is 58.3 Å². The van der Waals surface area contributed by atoms with Gasteiger partial charge in [-0.1, -0.05) is 0 Å². The first-order chi connectivity index (χ1) is 31.0. The number of methoxy groups -OCH3 is 4. The van der Waals surface area contributed by atoms with Gasteiger partial charge in [0.1, 0.15) is 0 Å². The van der Waals surface area contributed by atoms with Crippen LogP contribution >= 0.6 is 46.4 Å². The summed E-state index contributed by atoms with van der Waals surface area (Å²) in [4.78, 5) is 6.42. The van der Waals surface area contributed by atoms with Gasteiger partial charge < -0.3 is 0 Å². The van der Waals surface area contributed by atoms with Crippen molar-refractivity contribution in [2.24, 2.45) is 0 Å². The first-order valence-corrected chi connectivity index (χ1v) is 29.5. The second-order valence-corrected chi connectivity index (χ2v) is 31.0. The molecule has 0 aliphatic carbocycles. The van der Waals surface area contributed by atoms with E-state index in [-0.39, 0.29) is 44.8 Å². The average Bonchev–Trinajstić information content (AvgIpc) is 3.69. The molecule has 7 aromatic carbocycles. The van der Waals surface area contributed by atoms with Crippen LogP contribution in [0.1, 0.15) is 11.1 Å². The molecule has 7 aromatic rings. The van der Waals surface area contributed by atoms with Crippen LogP contribution in [-0.2, 0) is 13.2 Å². The van der Waals surface area contributed by atoms with Gasteiger partial charge in [0.05, 0.1) is 0 Å². The van der Waals surface area contributed by atoms with Crippen molar-refractivity contribution >= 4 is 127 Å². The Morgan fingerprint density at radius 2 is 0.734 bits per heavy atom. The molecule has 4 heterocycles. The minimum atomic E-state index is -6.70. The molecule has 11 nitrogen and oxygen atoms in total. The monoisotopic (exact) mass is 1130 g/mol. The van der Waals surface area contributed by atoms with Crippen LogP contribution < -0.4 is 49.1 Å². The molecule has 1 spiro atoms. The van der Waals surface area contributed by atoms with Crippen molar-refractivity contribution < 1.29 is 34.8 Å². The van der Waals surface area contributed by atoms with Crippen LogP contribution in [0.3, 0.4) is 0 Å². The summed E-state index contributed by atoms with van der Waals surface area (Å²) in [6.07, 6.45) is 0. The molecule has 0 saturated heterocycles. The predicted molar refractivity (Wildman–Crippen MR) is 254 cm³/mol. The molecule has 2 N–H and O–H groups in total. The summed E-state index contributed by atoms with van der Waals surface area (Å²) in [6, 6.07) is 35.0. The Kier molecular flexibility index (Phi) is 9.62. The van der Waals surface area contributed by atoms with E-state index in [2.05, 4.69) is 14.7 Å². The van der Waals surface area contributed by atoms with Crippen molar-refractivity contribution in [2.75, 3.05) is 43.1 Å². The van der Waals surface area contributed by atoms with Gasteiger partial charge in [0.15, 0.2) is 0 Å². The van der Waals surface area contributed by atoms with Crippen LogP contribution in [0.5, 0.6) is 34.5 Å². The molecule has 64 heavy (non-hydrogen) atoms. The Morgan fingerprint density at radius 1 is 0.422 bits per heavy atom. The molecule has 16 heteroatoms. The summed E-state index contributed by atoms with van der Waals surface area (Å²) in [5, 5.41) is 21.5. The van der Waals surface area contributed by atoms with Crippen molar-refractivity contribution in [3.8, 4) is 34.5 Å². The van der Waals surface area contributed by atoms with Gasteiger partial charge in [0.25, 0.3) is 0 Å². The van der Waals surface area contributed by atoms with E-state index < -0.39 is 19.7 Å². The van der Waals surface area contributed by atoms with Gasteiger partial charge in [0, 0.05) is 0 Å². The number of aliphatic hydroxyl groups excluding tert-OH is 2. The zero-order valence-electron chi connectivity index (χ0n) is 34.5. The molecule has 0 radical (unpaired) electrons. The van der Waals surface area contributed by atoms with Crippen molar-refractivity contribution in [2.45, 2.75) is 13.2 Å². The normalized spacial score (nSPS) is 15.7. The number of nitrogens with zero attached hydrogens (tertiary/aromatic N) is 3. The number of benzene rings is 7. The van der Waals surface area contributed by atoms with Crippen LogP contribution in [0.2, 0.25) is 20.1 Å². The topological polar surface area (TPSA) is 106 Å². The van der Waals surface area contributed by atoms with Crippen LogP contribution in [0.15, 0.2) is 109 Å². The number of fused-ring (bicyclic) bond motifs is 1. The molecule has 0 unspecified atom stereocenters. The van der Waals surface area contributed by atoms with Gasteiger partial charge in [-0.25, -0.2) is 0 Å². The summed E-state index contributed by atoms with van der Waals surface area (Å²) in [5.74, 6) is 2.73. The SMILES string of the molecule is COc1ccc(N2c3cc(CO)cc4[c]3[Bi]35([O]c6c(Cl)c(Cl)c(Cl)c(Cl)c6[O]3)[c]3c(cc(OC)cc3N(c3ccc(OC)cc3)c3cc(OC)cc2[c]35)N4c2ccc(CO)cc2)cc1. The number of hydrogen-bond donors (Lipinski definition) is 2. The Morgan fingerprint density at radius 3 is 1.05 bits per heavy atom. The third kappa shape index (κ3) is 5.39. The van der Waals surface area contributed by atoms with E-state index >= 15 is 0 Å². The molecule has 324 valence electrons. The number of halogens is 4. The number of hydrogen-bond acceptors (Lipinski definition) is 11. The molecule has 0 saturated carbocycles. The molecular formula is C48H36BiCl4N3O8. The second-order valence-electron chi connectivity index (χ2n) is 15.5. The van der Waals surface area contributed by atoms with Gasteiger partial charge in [-0.3, -0.25) is 0 Å². The Bertz CT molecular complexity index is 2730. The van der Waals surface area contributed by atoms with Crippen LogP contribution in [0.25, 0.3) is 0 Å². The molecule has 0 atom stereocenters. The predicted octanol–water partition coefficient (Wildman–Crippen LogP) is 10.6. The third-order valence-corrected chi connectivity index (χ3v) is 33.0. The zero-order chi connectivity index (χ0) is 44.4. The van der Waals surface area contributed by atoms with Gasteiger partial charge in [-0.15, -0.1) is 0 Å². The van der Waals surface area contributed by atoms with E-state index in [1.807, 2.05) is 109 Å². The molecule has 0 fully saturated rings. The fraction of sp³-hybridized carbons (Fsp3) is 0.125. The summed E-state index contributed by atoms with van der Waals surface area (Å²) in [5.41, 5.74) is 7.71. The van der Waals surface area contributed by atoms with Crippen molar-refractivity contribution in [1.29, 1.82) is 0 Å². The number of anilines is 9. The molecule has 0 bridgehead atoms. The molecule has 0 amide bonds. The summed E-state index contributed by atoms with van der Waals surface area (Å²) in [6.45, 7) is -0.448. The van der Waals surface area contributed by atoms with Crippen molar-refractivity contribution in [3.05, 3.63) is 140 Å².